The highest BCUT2D eigenvalue weighted by atomic mass is 32.1. The SMILES string of the molecule is NC(Cc1ccc2ccccc2c1)C(=O)Nc1cccs1. The molecule has 1 atom stereocenters. The number of hydrogen-bond donors (Lipinski definition) is 2. The molecule has 21 heavy (non-hydrogen) atoms. The Morgan fingerprint density at radius 2 is 1.90 bits per heavy atom. The Hall–Kier alpha value is -2.17. The maximum absolute atomic E-state index is 12.0. The molecular weight excluding hydrogens is 280 g/mol. The molecule has 106 valence electrons. The number of benzene rings is 2. The van der Waals surface area contributed by atoms with Crippen LogP contribution >= 0.6 is 11.3 Å². The van der Waals surface area contributed by atoms with Gasteiger partial charge in [0.25, 0.3) is 0 Å². The molecule has 3 rings (SSSR count). The molecule has 0 spiro atoms. The number of nitrogens with one attached hydrogen (secondary N) is 1. The van der Waals surface area contributed by atoms with E-state index in [0.29, 0.717) is 6.42 Å². The first-order chi connectivity index (χ1) is 10.2. The first kappa shape index (κ1) is 13.8. The van der Waals surface area contributed by atoms with Crippen molar-refractivity contribution in [1.82, 2.24) is 0 Å². The number of amides is 1. The van der Waals surface area contributed by atoms with Gasteiger partial charge in [-0.25, -0.2) is 0 Å². The first-order valence-corrected chi connectivity index (χ1v) is 7.68. The summed E-state index contributed by atoms with van der Waals surface area (Å²) in [5, 5.41) is 7.94. The molecule has 0 saturated carbocycles. The quantitative estimate of drug-likeness (QED) is 0.775. The van der Waals surface area contributed by atoms with Gasteiger partial charge in [-0.2, -0.15) is 0 Å². The summed E-state index contributed by atoms with van der Waals surface area (Å²) in [7, 11) is 0. The van der Waals surface area contributed by atoms with Gasteiger partial charge in [-0.15, -0.1) is 11.3 Å². The van der Waals surface area contributed by atoms with Gasteiger partial charge in [-0.1, -0.05) is 42.5 Å². The highest BCUT2D eigenvalue weighted by Crippen LogP contribution is 2.18. The predicted molar refractivity (Wildman–Crippen MR) is 88.6 cm³/mol. The van der Waals surface area contributed by atoms with Gasteiger partial charge in [0, 0.05) is 0 Å². The van der Waals surface area contributed by atoms with Gasteiger partial charge < -0.3 is 11.1 Å². The summed E-state index contributed by atoms with van der Waals surface area (Å²) in [4.78, 5) is 12.0. The lowest BCUT2D eigenvalue weighted by Crippen LogP contribution is -2.37. The number of carbonyl (C=O) groups excluding carboxylic acids is 1. The molecule has 0 radical (unpaired) electrons. The van der Waals surface area contributed by atoms with Gasteiger partial charge in [0.15, 0.2) is 0 Å². The second-order valence-corrected chi connectivity index (χ2v) is 5.91. The number of nitrogens with two attached hydrogens (primary N) is 1. The van der Waals surface area contributed by atoms with E-state index in [4.69, 9.17) is 5.73 Å². The first-order valence-electron chi connectivity index (χ1n) is 6.80. The molecule has 0 saturated heterocycles. The number of anilines is 1. The van der Waals surface area contributed by atoms with Crippen LogP contribution in [-0.2, 0) is 11.2 Å². The van der Waals surface area contributed by atoms with Crippen LogP contribution in [0.5, 0.6) is 0 Å². The van der Waals surface area contributed by atoms with E-state index in [2.05, 4.69) is 29.6 Å². The van der Waals surface area contributed by atoms with Crippen LogP contribution in [0.15, 0.2) is 60.0 Å². The van der Waals surface area contributed by atoms with E-state index in [1.165, 1.54) is 22.1 Å². The molecule has 0 bridgehead atoms. The predicted octanol–water partition coefficient (Wildman–Crippen LogP) is 3.41. The maximum atomic E-state index is 12.0. The van der Waals surface area contributed by atoms with Crippen LogP contribution in [0.3, 0.4) is 0 Å². The summed E-state index contributed by atoms with van der Waals surface area (Å²) >= 11 is 1.49. The highest BCUT2D eigenvalue weighted by Gasteiger charge is 2.14. The molecule has 3 aromatic rings. The van der Waals surface area contributed by atoms with Crippen LogP contribution in [0.25, 0.3) is 10.8 Å². The molecule has 1 heterocycles. The maximum Gasteiger partial charge on any atom is 0.242 e. The molecule has 3 nitrogen and oxygen atoms in total. The highest BCUT2D eigenvalue weighted by molar-refractivity contribution is 7.14. The van der Waals surface area contributed by atoms with Gasteiger partial charge in [0.05, 0.1) is 11.0 Å². The van der Waals surface area contributed by atoms with Crippen LogP contribution in [0.1, 0.15) is 5.56 Å². The third-order valence-corrected chi connectivity index (χ3v) is 4.16. The minimum absolute atomic E-state index is 0.148. The molecule has 3 N–H and O–H groups in total. The van der Waals surface area contributed by atoms with E-state index >= 15 is 0 Å². The third-order valence-electron chi connectivity index (χ3n) is 3.37. The summed E-state index contributed by atoms with van der Waals surface area (Å²) in [5.74, 6) is -0.148. The molecule has 1 aromatic heterocycles. The summed E-state index contributed by atoms with van der Waals surface area (Å²) < 4.78 is 0. The molecule has 0 aliphatic carbocycles. The summed E-state index contributed by atoms with van der Waals surface area (Å²) in [6, 6.07) is 17.6. The second kappa shape index (κ2) is 6.08. The monoisotopic (exact) mass is 296 g/mol. The fraction of sp³-hybridized carbons (Fsp3) is 0.118. The van der Waals surface area contributed by atoms with Crippen LogP contribution in [0.4, 0.5) is 5.00 Å². The van der Waals surface area contributed by atoms with Crippen molar-refractivity contribution in [1.29, 1.82) is 0 Å². The lowest BCUT2D eigenvalue weighted by Gasteiger charge is -2.12. The molecule has 0 fully saturated rings. The minimum Gasteiger partial charge on any atom is -0.320 e. The largest absolute Gasteiger partial charge is 0.320 e. The Morgan fingerprint density at radius 3 is 2.67 bits per heavy atom. The van der Waals surface area contributed by atoms with Crippen molar-refractivity contribution in [3.63, 3.8) is 0 Å². The number of rotatable bonds is 4. The molecule has 0 aliphatic rings. The van der Waals surface area contributed by atoms with E-state index in [0.717, 1.165) is 10.6 Å². The Balaban J connectivity index is 1.70. The van der Waals surface area contributed by atoms with E-state index in [1.54, 1.807) is 0 Å². The normalized spacial score (nSPS) is 12.2. The van der Waals surface area contributed by atoms with Crippen LogP contribution in [-0.4, -0.2) is 11.9 Å². The average molecular weight is 296 g/mol. The van der Waals surface area contributed by atoms with Gasteiger partial charge in [0.1, 0.15) is 0 Å². The summed E-state index contributed by atoms with van der Waals surface area (Å²) in [6.45, 7) is 0. The standard InChI is InChI=1S/C17H16N2OS/c18-15(17(20)19-16-6-3-9-21-16)11-12-7-8-13-4-1-2-5-14(13)10-12/h1-10,15H,11,18H2,(H,19,20). The van der Waals surface area contributed by atoms with E-state index in [9.17, 15) is 4.79 Å². The Labute approximate surface area is 127 Å². The fourth-order valence-electron chi connectivity index (χ4n) is 2.28. The summed E-state index contributed by atoms with van der Waals surface area (Å²) in [5.41, 5.74) is 7.07. The lowest BCUT2D eigenvalue weighted by atomic mass is 10.0. The third kappa shape index (κ3) is 3.29. The van der Waals surface area contributed by atoms with E-state index in [-0.39, 0.29) is 5.91 Å². The van der Waals surface area contributed by atoms with Crippen molar-refractivity contribution in [3.8, 4) is 0 Å². The number of hydrogen-bond acceptors (Lipinski definition) is 3. The molecule has 1 amide bonds. The topological polar surface area (TPSA) is 55.1 Å². The molecule has 4 heteroatoms. The zero-order valence-corrected chi connectivity index (χ0v) is 12.3. The van der Waals surface area contributed by atoms with Gasteiger partial charge >= 0.3 is 0 Å². The Kier molecular flexibility index (Phi) is 3.99. The van der Waals surface area contributed by atoms with E-state index < -0.39 is 6.04 Å². The zero-order valence-electron chi connectivity index (χ0n) is 11.5. The Morgan fingerprint density at radius 1 is 1.10 bits per heavy atom. The van der Waals surface area contributed by atoms with E-state index in [1.807, 2.05) is 35.7 Å². The summed E-state index contributed by atoms with van der Waals surface area (Å²) in [6.07, 6.45) is 0.530. The average Bonchev–Trinajstić information content (AvgIpc) is 3.00. The number of thiophene rings is 1. The Bertz CT molecular complexity index is 752. The fourth-order valence-corrected chi connectivity index (χ4v) is 2.90. The smallest absolute Gasteiger partial charge is 0.242 e. The van der Waals surface area contributed by atoms with Gasteiger partial charge in [0.2, 0.25) is 5.91 Å². The van der Waals surface area contributed by atoms with Crippen molar-refractivity contribution in [2.75, 3.05) is 5.32 Å². The van der Waals surface area contributed by atoms with Crippen LogP contribution < -0.4 is 11.1 Å². The van der Waals surface area contributed by atoms with Crippen LogP contribution in [0.2, 0.25) is 0 Å². The van der Waals surface area contributed by atoms with Gasteiger partial charge in [-0.3, -0.25) is 4.79 Å². The lowest BCUT2D eigenvalue weighted by molar-refractivity contribution is -0.117. The molecular formula is C17H16N2OS. The number of fused-ring (bicyclic) bond motifs is 1. The van der Waals surface area contributed by atoms with Crippen LogP contribution in [0, 0.1) is 0 Å². The van der Waals surface area contributed by atoms with Crippen molar-refractivity contribution in [2.45, 2.75) is 12.5 Å². The molecule has 0 aliphatic heterocycles. The van der Waals surface area contributed by atoms with Crippen molar-refractivity contribution in [3.05, 3.63) is 65.5 Å². The van der Waals surface area contributed by atoms with Crippen molar-refractivity contribution >= 4 is 33.0 Å². The molecule has 2 aromatic carbocycles. The van der Waals surface area contributed by atoms with Gasteiger partial charge in [-0.05, 0) is 40.3 Å². The second-order valence-electron chi connectivity index (χ2n) is 4.96. The minimum atomic E-state index is -0.548. The van der Waals surface area contributed by atoms with Crippen molar-refractivity contribution in [2.24, 2.45) is 5.73 Å². The zero-order chi connectivity index (χ0) is 14.7. The molecule has 1 unspecified atom stereocenters. The van der Waals surface area contributed by atoms with Crippen molar-refractivity contribution < 1.29 is 4.79 Å². The number of carbonyl (C=O) groups is 1.